The van der Waals surface area contributed by atoms with E-state index in [1.165, 1.54) is 4.90 Å². The third-order valence-corrected chi connectivity index (χ3v) is 3.41. The van der Waals surface area contributed by atoms with Crippen LogP contribution in [0.4, 0.5) is 13.2 Å². The van der Waals surface area contributed by atoms with Crippen LogP contribution in [-0.2, 0) is 0 Å². The molecule has 1 atom stereocenters. The Kier molecular flexibility index (Phi) is 6.27. The van der Waals surface area contributed by atoms with E-state index in [1.807, 2.05) is 0 Å². The molecule has 1 aromatic rings. The predicted molar refractivity (Wildman–Crippen MR) is 74.5 cm³/mol. The van der Waals surface area contributed by atoms with Gasteiger partial charge in [-0.1, -0.05) is 0 Å². The molecule has 1 aromatic carbocycles. The molecule has 1 fully saturated rings. The number of nitrogens with zero attached hydrogens (tertiary/aromatic N) is 1. The fourth-order valence-corrected chi connectivity index (χ4v) is 2.46. The van der Waals surface area contributed by atoms with E-state index < -0.39 is 30.1 Å². The van der Waals surface area contributed by atoms with Crippen LogP contribution in [0.5, 0.6) is 5.75 Å². The van der Waals surface area contributed by atoms with E-state index in [2.05, 4.69) is 5.32 Å². The van der Waals surface area contributed by atoms with Crippen molar-refractivity contribution < 1.29 is 23.4 Å². The second-order valence-corrected chi connectivity index (χ2v) is 4.81. The van der Waals surface area contributed by atoms with Crippen LogP contribution < -0.4 is 5.32 Å². The summed E-state index contributed by atoms with van der Waals surface area (Å²) in [5.74, 6) is -4.57. The highest BCUT2D eigenvalue weighted by atomic mass is 35.5. The summed E-state index contributed by atoms with van der Waals surface area (Å²) in [6.07, 6.45) is 0. The Balaban J connectivity index is 0.00000220. The first kappa shape index (κ1) is 18.0. The molecule has 2 rings (SSSR count). The van der Waals surface area contributed by atoms with Gasteiger partial charge < -0.3 is 15.5 Å². The molecule has 0 bridgehead atoms. The number of benzene rings is 1. The van der Waals surface area contributed by atoms with Gasteiger partial charge in [0.15, 0.2) is 0 Å². The molecule has 3 N–H and O–H groups in total. The number of hydrogen-bond donors (Lipinski definition) is 3. The summed E-state index contributed by atoms with van der Waals surface area (Å²) < 4.78 is 41.4. The Morgan fingerprint density at radius 2 is 1.90 bits per heavy atom. The second-order valence-electron chi connectivity index (χ2n) is 4.81. The lowest BCUT2D eigenvalue weighted by molar-refractivity contribution is -0.119. The molecule has 1 aliphatic heterocycles. The van der Waals surface area contributed by atoms with Crippen molar-refractivity contribution in [1.29, 1.82) is 0 Å². The Labute approximate surface area is 127 Å². The number of piperazine rings is 1. The van der Waals surface area contributed by atoms with Crippen molar-refractivity contribution in [3.05, 3.63) is 29.6 Å². The van der Waals surface area contributed by atoms with Crippen molar-refractivity contribution in [2.24, 2.45) is 0 Å². The zero-order chi connectivity index (χ0) is 14.8. The predicted octanol–water partition coefficient (Wildman–Crippen LogP) is 1.53. The van der Waals surface area contributed by atoms with Gasteiger partial charge in [-0.15, -0.1) is 12.4 Å². The maximum Gasteiger partial charge on any atom is 0.290 e. The van der Waals surface area contributed by atoms with E-state index in [4.69, 9.17) is 5.11 Å². The number of rotatable bonds is 4. The van der Waals surface area contributed by atoms with Crippen LogP contribution in [0.2, 0.25) is 0 Å². The fraction of sp³-hybridized carbons (Fsp3) is 0.538. The van der Waals surface area contributed by atoms with Crippen molar-refractivity contribution in [2.75, 3.05) is 32.8 Å². The summed E-state index contributed by atoms with van der Waals surface area (Å²) in [6.45, 7) is 0.339. The molecule has 0 saturated carbocycles. The largest absolute Gasteiger partial charge is 0.508 e. The summed E-state index contributed by atoms with van der Waals surface area (Å²) in [6, 6.07) is 1.40. The van der Waals surface area contributed by atoms with Gasteiger partial charge in [0, 0.05) is 31.7 Å². The third kappa shape index (κ3) is 4.00. The number of phenolic OH excluding ortho intramolecular Hbond substituents is 1. The Bertz CT molecular complexity index is 471. The average molecular weight is 327 g/mol. The van der Waals surface area contributed by atoms with Crippen LogP contribution in [0.25, 0.3) is 0 Å². The monoisotopic (exact) mass is 326 g/mol. The van der Waals surface area contributed by atoms with E-state index in [1.54, 1.807) is 0 Å². The molecule has 0 radical (unpaired) electrons. The van der Waals surface area contributed by atoms with Crippen LogP contribution in [0.1, 0.15) is 11.6 Å². The van der Waals surface area contributed by atoms with E-state index in [-0.39, 0.29) is 18.0 Å². The summed E-state index contributed by atoms with van der Waals surface area (Å²) in [5.41, 5.74) is -0.203. The molecule has 0 spiro atoms. The number of phenols is 1. The number of aromatic hydroxyl groups is 1. The average Bonchev–Trinajstić information content (AvgIpc) is 2.44. The van der Waals surface area contributed by atoms with Crippen molar-refractivity contribution >= 4 is 12.4 Å². The highest BCUT2D eigenvalue weighted by molar-refractivity contribution is 5.85. The SMILES string of the molecule is Cl.OCC(F)(F)[C@@H](c1cc(F)ccc1O)N1CCNCC1. The molecule has 21 heavy (non-hydrogen) atoms. The maximum absolute atomic E-state index is 14.1. The molecular formula is C13H18ClF3N2O2. The first-order chi connectivity index (χ1) is 9.45. The van der Waals surface area contributed by atoms with Crippen molar-refractivity contribution in [3.63, 3.8) is 0 Å². The van der Waals surface area contributed by atoms with Crippen LogP contribution in [0.3, 0.4) is 0 Å². The molecule has 1 aliphatic rings. The van der Waals surface area contributed by atoms with Crippen molar-refractivity contribution in [2.45, 2.75) is 12.0 Å². The van der Waals surface area contributed by atoms with E-state index >= 15 is 0 Å². The molecule has 0 amide bonds. The zero-order valence-electron chi connectivity index (χ0n) is 11.2. The highest BCUT2D eigenvalue weighted by Gasteiger charge is 2.45. The first-order valence-corrected chi connectivity index (χ1v) is 6.37. The van der Waals surface area contributed by atoms with Gasteiger partial charge in [-0.25, -0.2) is 13.2 Å². The number of hydrogen-bond acceptors (Lipinski definition) is 4. The molecule has 1 heterocycles. The van der Waals surface area contributed by atoms with Crippen LogP contribution in [-0.4, -0.2) is 53.8 Å². The lowest BCUT2D eigenvalue weighted by atomic mass is 9.97. The van der Waals surface area contributed by atoms with Gasteiger partial charge in [-0.2, -0.15) is 0 Å². The zero-order valence-corrected chi connectivity index (χ0v) is 12.0. The summed E-state index contributed by atoms with van der Waals surface area (Å²) in [5, 5.41) is 21.8. The Morgan fingerprint density at radius 1 is 1.29 bits per heavy atom. The molecule has 0 unspecified atom stereocenters. The van der Waals surface area contributed by atoms with Gasteiger partial charge in [0.05, 0.1) is 0 Å². The van der Waals surface area contributed by atoms with Gasteiger partial charge in [-0.05, 0) is 18.2 Å². The number of aliphatic hydroxyl groups excluding tert-OH is 1. The summed E-state index contributed by atoms with van der Waals surface area (Å²) in [4.78, 5) is 1.45. The number of halogens is 4. The molecule has 4 nitrogen and oxygen atoms in total. The standard InChI is InChI=1S/C13H17F3N2O2.ClH/c14-9-1-2-11(20)10(7-9)12(13(15,16)8-19)18-5-3-17-4-6-18;/h1-2,7,12,17,19-20H,3-6,8H2;1H/t12-;/m1./s1. The fourth-order valence-electron chi connectivity index (χ4n) is 2.46. The maximum atomic E-state index is 14.1. The molecule has 120 valence electrons. The quantitative estimate of drug-likeness (QED) is 0.785. The first-order valence-electron chi connectivity index (χ1n) is 6.37. The van der Waals surface area contributed by atoms with Crippen LogP contribution in [0.15, 0.2) is 18.2 Å². The lowest BCUT2D eigenvalue weighted by Crippen LogP contribution is -2.51. The molecule has 8 heteroatoms. The molecule has 1 saturated heterocycles. The van der Waals surface area contributed by atoms with Crippen molar-refractivity contribution in [1.82, 2.24) is 10.2 Å². The van der Waals surface area contributed by atoms with E-state index in [0.717, 1.165) is 18.2 Å². The minimum atomic E-state index is -3.47. The number of nitrogens with one attached hydrogen (secondary N) is 1. The number of alkyl halides is 2. The van der Waals surface area contributed by atoms with Gasteiger partial charge in [0.25, 0.3) is 5.92 Å². The normalized spacial score (nSPS) is 18.1. The van der Waals surface area contributed by atoms with E-state index in [9.17, 15) is 18.3 Å². The summed E-state index contributed by atoms with van der Waals surface area (Å²) >= 11 is 0. The number of aliphatic hydroxyl groups is 1. The van der Waals surface area contributed by atoms with E-state index in [0.29, 0.717) is 26.2 Å². The molecule has 0 aromatic heterocycles. The highest BCUT2D eigenvalue weighted by Crippen LogP contribution is 2.40. The van der Waals surface area contributed by atoms with Crippen LogP contribution >= 0.6 is 12.4 Å². The third-order valence-electron chi connectivity index (χ3n) is 3.41. The summed E-state index contributed by atoms with van der Waals surface area (Å²) in [7, 11) is 0. The lowest BCUT2D eigenvalue weighted by Gasteiger charge is -2.38. The topological polar surface area (TPSA) is 55.7 Å². The van der Waals surface area contributed by atoms with Crippen molar-refractivity contribution in [3.8, 4) is 5.75 Å². The Morgan fingerprint density at radius 3 is 2.48 bits per heavy atom. The molecule has 0 aliphatic carbocycles. The van der Waals surface area contributed by atoms with Gasteiger partial charge in [0.1, 0.15) is 24.2 Å². The van der Waals surface area contributed by atoms with Gasteiger partial charge in [-0.3, -0.25) is 4.90 Å². The second kappa shape index (κ2) is 7.31. The smallest absolute Gasteiger partial charge is 0.290 e. The minimum absolute atomic E-state index is 0. The van der Waals surface area contributed by atoms with Gasteiger partial charge in [0.2, 0.25) is 0 Å². The van der Waals surface area contributed by atoms with Gasteiger partial charge >= 0.3 is 0 Å². The molecular weight excluding hydrogens is 309 g/mol. The Hall–Kier alpha value is -1.02. The minimum Gasteiger partial charge on any atom is -0.508 e. The van der Waals surface area contributed by atoms with Crippen LogP contribution in [0, 0.1) is 5.82 Å².